The lowest BCUT2D eigenvalue weighted by atomic mass is 9.85. The van der Waals surface area contributed by atoms with Gasteiger partial charge in [0.15, 0.2) is 0 Å². The van der Waals surface area contributed by atoms with Crippen molar-refractivity contribution in [1.82, 2.24) is 9.21 Å². The number of nitrogens with zero attached hydrogens (tertiary/aromatic N) is 2. The van der Waals surface area contributed by atoms with Crippen molar-refractivity contribution >= 4 is 15.9 Å². The first-order chi connectivity index (χ1) is 14.0. The molecule has 1 saturated carbocycles. The maximum atomic E-state index is 12.9. The van der Waals surface area contributed by atoms with Crippen LogP contribution in [-0.2, 0) is 21.2 Å². The molecule has 0 radical (unpaired) electrons. The van der Waals surface area contributed by atoms with Crippen LogP contribution in [0.5, 0.6) is 0 Å². The number of likely N-dealkylation sites (tertiary alicyclic amines) is 1. The molecule has 1 aliphatic carbocycles. The number of fused-ring (bicyclic) bond motifs is 1. The Kier molecular flexibility index (Phi) is 6.30. The number of piperidine rings is 1. The van der Waals surface area contributed by atoms with Gasteiger partial charge >= 0.3 is 0 Å². The summed E-state index contributed by atoms with van der Waals surface area (Å²) >= 11 is 0. The van der Waals surface area contributed by atoms with Gasteiger partial charge in [-0.2, -0.15) is 4.31 Å². The molecule has 4 rings (SSSR count). The maximum absolute atomic E-state index is 12.9. The molecule has 2 saturated heterocycles. The molecule has 1 aromatic carbocycles. The monoisotopic (exact) mass is 418 g/mol. The third kappa shape index (κ3) is 4.38. The highest BCUT2D eigenvalue weighted by Gasteiger charge is 2.42. The van der Waals surface area contributed by atoms with Gasteiger partial charge in [-0.3, -0.25) is 4.79 Å². The standard InChI is InChI=1S/C23H34N2O3S/c1-18-17-20-7-3-4-8-22(20)25(18)23(26)14-11-19-9-12-21(13-10-19)29(27,28)24-15-5-2-6-16-24/h9-10,12-13,18,20,22H,2-8,11,14-17H2,1H3. The van der Waals surface area contributed by atoms with Crippen LogP contribution in [0.1, 0.15) is 70.3 Å². The molecule has 0 N–H and O–H groups in total. The summed E-state index contributed by atoms with van der Waals surface area (Å²) in [4.78, 5) is 15.5. The van der Waals surface area contributed by atoms with Crippen molar-refractivity contribution < 1.29 is 13.2 Å². The smallest absolute Gasteiger partial charge is 0.243 e. The molecule has 1 aromatic rings. The number of carbonyl (C=O) groups excluding carboxylic acids is 1. The molecule has 1 amide bonds. The highest BCUT2D eigenvalue weighted by atomic mass is 32.2. The van der Waals surface area contributed by atoms with Crippen LogP contribution >= 0.6 is 0 Å². The zero-order valence-electron chi connectivity index (χ0n) is 17.6. The van der Waals surface area contributed by atoms with Crippen LogP contribution in [0, 0.1) is 5.92 Å². The predicted octanol–water partition coefficient (Wildman–Crippen LogP) is 3.97. The van der Waals surface area contributed by atoms with Crippen LogP contribution in [0.15, 0.2) is 29.2 Å². The molecule has 29 heavy (non-hydrogen) atoms. The topological polar surface area (TPSA) is 57.7 Å². The number of carbonyl (C=O) groups is 1. The molecule has 0 spiro atoms. The van der Waals surface area contributed by atoms with Crippen LogP contribution in [0.4, 0.5) is 0 Å². The molecule has 3 atom stereocenters. The Morgan fingerprint density at radius 1 is 1.00 bits per heavy atom. The zero-order valence-corrected chi connectivity index (χ0v) is 18.4. The van der Waals surface area contributed by atoms with Gasteiger partial charge in [-0.1, -0.05) is 31.4 Å². The minimum atomic E-state index is -3.39. The Hall–Kier alpha value is -1.40. The summed E-state index contributed by atoms with van der Waals surface area (Å²) in [6.45, 7) is 3.43. The average molecular weight is 419 g/mol. The summed E-state index contributed by atoms with van der Waals surface area (Å²) < 4.78 is 27.1. The predicted molar refractivity (Wildman–Crippen MR) is 114 cm³/mol. The minimum absolute atomic E-state index is 0.261. The van der Waals surface area contributed by atoms with Crippen molar-refractivity contribution in [3.63, 3.8) is 0 Å². The summed E-state index contributed by atoms with van der Waals surface area (Å²) in [5.74, 6) is 0.957. The number of aryl methyl sites for hydroxylation is 1. The number of rotatable bonds is 5. The van der Waals surface area contributed by atoms with Gasteiger partial charge in [0, 0.05) is 31.6 Å². The first-order valence-electron chi connectivity index (χ1n) is 11.4. The first-order valence-corrected chi connectivity index (χ1v) is 12.8. The zero-order chi connectivity index (χ0) is 20.4. The van der Waals surface area contributed by atoms with Crippen molar-refractivity contribution in [1.29, 1.82) is 0 Å². The van der Waals surface area contributed by atoms with Gasteiger partial charge in [0.05, 0.1) is 4.90 Å². The molecule has 3 unspecified atom stereocenters. The Balaban J connectivity index is 1.36. The van der Waals surface area contributed by atoms with Gasteiger partial charge in [-0.15, -0.1) is 0 Å². The lowest BCUT2D eigenvalue weighted by Crippen LogP contribution is -2.42. The van der Waals surface area contributed by atoms with E-state index in [-0.39, 0.29) is 5.91 Å². The number of hydrogen-bond donors (Lipinski definition) is 0. The minimum Gasteiger partial charge on any atom is -0.337 e. The van der Waals surface area contributed by atoms with E-state index in [4.69, 9.17) is 0 Å². The maximum Gasteiger partial charge on any atom is 0.243 e. The third-order valence-electron chi connectivity index (χ3n) is 7.14. The van der Waals surface area contributed by atoms with Crippen molar-refractivity contribution in [2.45, 2.75) is 88.1 Å². The fraction of sp³-hybridized carbons (Fsp3) is 0.696. The van der Waals surface area contributed by atoms with E-state index >= 15 is 0 Å². The van der Waals surface area contributed by atoms with Crippen molar-refractivity contribution in [3.8, 4) is 0 Å². The molecule has 3 aliphatic rings. The van der Waals surface area contributed by atoms with Crippen LogP contribution in [-0.4, -0.2) is 48.7 Å². The molecular weight excluding hydrogens is 384 g/mol. The molecule has 6 heteroatoms. The fourth-order valence-electron chi connectivity index (χ4n) is 5.60. The molecular formula is C23H34N2O3S. The highest BCUT2D eigenvalue weighted by Crippen LogP contribution is 2.39. The van der Waals surface area contributed by atoms with Gasteiger partial charge in [-0.05, 0) is 69.1 Å². The van der Waals surface area contributed by atoms with Crippen LogP contribution in [0.25, 0.3) is 0 Å². The van der Waals surface area contributed by atoms with Gasteiger partial charge in [0.2, 0.25) is 15.9 Å². The van der Waals surface area contributed by atoms with E-state index in [0.29, 0.717) is 48.8 Å². The van der Waals surface area contributed by atoms with Crippen LogP contribution < -0.4 is 0 Å². The summed E-state index contributed by atoms with van der Waals surface area (Å²) in [5, 5.41) is 0. The Morgan fingerprint density at radius 2 is 1.69 bits per heavy atom. The van der Waals surface area contributed by atoms with E-state index < -0.39 is 10.0 Å². The van der Waals surface area contributed by atoms with E-state index in [1.165, 1.54) is 19.3 Å². The first kappa shape index (κ1) is 20.9. The Bertz CT molecular complexity index is 815. The summed E-state index contributed by atoms with van der Waals surface area (Å²) in [5.41, 5.74) is 1.03. The molecule has 5 nitrogen and oxygen atoms in total. The van der Waals surface area contributed by atoms with Crippen molar-refractivity contribution in [2.24, 2.45) is 5.92 Å². The lowest BCUT2D eigenvalue weighted by Gasteiger charge is -2.33. The second kappa shape index (κ2) is 8.76. The highest BCUT2D eigenvalue weighted by molar-refractivity contribution is 7.89. The van der Waals surface area contributed by atoms with Crippen molar-refractivity contribution in [3.05, 3.63) is 29.8 Å². The number of hydrogen-bond acceptors (Lipinski definition) is 3. The van der Waals surface area contributed by atoms with Gasteiger partial charge in [0.1, 0.15) is 0 Å². The molecule has 2 aliphatic heterocycles. The molecule has 2 heterocycles. The average Bonchev–Trinajstić information content (AvgIpc) is 3.08. The lowest BCUT2D eigenvalue weighted by molar-refractivity contribution is -0.134. The number of amides is 1. The molecule has 3 fully saturated rings. The Morgan fingerprint density at radius 3 is 2.41 bits per heavy atom. The molecule has 0 aromatic heterocycles. The van der Waals surface area contributed by atoms with Gasteiger partial charge in [0.25, 0.3) is 0 Å². The van der Waals surface area contributed by atoms with Gasteiger partial charge in [-0.25, -0.2) is 8.42 Å². The largest absolute Gasteiger partial charge is 0.337 e. The van der Waals surface area contributed by atoms with E-state index in [1.807, 2.05) is 12.1 Å². The van der Waals surface area contributed by atoms with E-state index in [1.54, 1.807) is 16.4 Å². The van der Waals surface area contributed by atoms with E-state index in [0.717, 1.165) is 37.7 Å². The quantitative estimate of drug-likeness (QED) is 0.727. The van der Waals surface area contributed by atoms with E-state index in [9.17, 15) is 13.2 Å². The number of benzene rings is 1. The third-order valence-corrected chi connectivity index (χ3v) is 9.05. The SMILES string of the molecule is CC1CC2CCCCC2N1C(=O)CCc1ccc(S(=O)(=O)N2CCCCC2)cc1. The molecule has 0 bridgehead atoms. The second-order valence-electron chi connectivity index (χ2n) is 9.11. The van der Waals surface area contributed by atoms with Crippen molar-refractivity contribution in [2.75, 3.05) is 13.1 Å². The van der Waals surface area contributed by atoms with Crippen LogP contribution in [0.2, 0.25) is 0 Å². The summed E-state index contributed by atoms with van der Waals surface area (Å²) in [6.07, 6.45) is 10.3. The van der Waals surface area contributed by atoms with E-state index in [2.05, 4.69) is 11.8 Å². The normalized spacial score (nSPS) is 28.3. The van der Waals surface area contributed by atoms with Crippen LogP contribution in [0.3, 0.4) is 0 Å². The fourth-order valence-corrected chi connectivity index (χ4v) is 7.12. The molecule has 160 valence electrons. The Labute approximate surface area is 175 Å². The summed E-state index contributed by atoms with van der Waals surface area (Å²) in [6, 6.07) is 7.97. The number of sulfonamides is 1. The summed E-state index contributed by atoms with van der Waals surface area (Å²) in [7, 11) is -3.39. The second-order valence-corrected chi connectivity index (χ2v) is 11.0. The van der Waals surface area contributed by atoms with Gasteiger partial charge < -0.3 is 4.90 Å².